The Hall–Kier alpha value is -1.63. The van der Waals surface area contributed by atoms with Crippen LogP contribution >= 0.6 is 0 Å². The maximum Gasteiger partial charge on any atom is 0.222 e. The van der Waals surface area contributed by atoms with E-state index in [1.165, 1.54) is 0 Å². The molecule has 1 aromatic carbocycles. The predicted molar refractivity (Wildman–Crippen MR) is 86.9 cm³/mol. The van der Waals surface area contributed by atoms with Crippen LogP contribution in [0, 0.1) is 0 Å². The molecule has 6 heteroatoms. The molecule has 2 atom stereocenters. The van der Waals surface area contributed by atoms with E-state index in [-0.39, 0.29) is 24.5 Å². The number of nitrogens with one attached hydrogen (secondary N) is 1. The molecule has 0 saturated carbocycles. The highest BCUT2D eigenvalue weighted by molar-refractivity contribution is 5.76. The zero-order valence-corrected chi connectivity index (χ0v) is 13.8. The Bertz CT molecular complexity index is 462. The van der Waals surface area contributed by atoms with Crippen LogP contribution in [0.1, 0.15) is 18.0 Å². The third-order valence-electron chi connectivity index (χ3n) is 3.60. The fourth-order valence-electron chi connectivity index (χ4n) is 2.20. The summed E-state index contributed by atoms with van der Waals surface area (Å²) in [6.45, 7) is 0.844. The van der Waals surface area contributed by atoms with Crippen LogP contribution < -0.4 is 15.8 Å². The van der Waals surface area contributed by atoms with Crippen LogP contribution in [0.4, 0.5) is 0 Å². The number of nitrogens with two attached hydrogens (primary N) is 1. The van der Waals surface area contributed by atoms with Crippen molar-refractivity contribution in [3.05, 3.63) is 29.8 Å². The first kappa shape index (κ1) is 18.4. The van der Waals surface area contributed by atoms with Crippen LogP contribution in [-0.2, 0) is 9.53 Å². The van der Waals surface area contributed by atoms with Gasteiger partial charge in [-0.25, -0.2) is 0 Å². The summed E-state index contributed by atoms with van der Waals surface area (Å²) in [6, 6.07) is 7.92. The highest BCUT2D eigenvalue weighted by Gasteiger charge is 2.17. The third kappa shape index (κ3) is 5.63. The third-order valence-corrected chi connectivity index (χ3v) is 3.60. The van der Waals surface area contributed by atoms with Gasteiger partial charge >= 0.3 is 0 Å². The Morgan fingerprint density at radius 2 is 2.09 bits per heavy atom. The fourth-order valence-corrected chi connectivity index (χ4v) is 2.20. The molecule has 0 heterocycles. The Labute approximate surface area is 132 Å². The van der Waals surface area contributed by atoms with Gasteiger partial charge in [-0.3, -0.25) is 4.79 Å². The van der Waals surface area contributed by atoms with Crippen LogP contribution in [0.5, 0.6) is 5.75 Å². The van der Waals surface area contributed by atoms with E-state index in [2.05, 4.69) is 10.2 Å². The van der Waals surface area contributed by atoms with Crippen molar-refractivity contribution in [2.45, 2.75) is 18.6 Å². The molecule has 1 rings (SSSR count). The number of hydrogen-bond acceptors (Lipinski definition) is 5. The summed E-state index contributed by atoms with van der Waals surface area (Å²) >= 11 is 0. The molecular weight excluding hydrogens is 282 g/mol. The van der Waals surface area contributed by atoms with E-state index in [1.54, 1.807) is 14.2 Å². The zero-order chi connectivity index (χ0) is 16.5. The molecule has 3 N–H and O–H groups in total. The minimum absolute atomic E-state index is 0.0629. The number of nitrogens with zero attached hydrogens (tertiary/aromatic N) is 1. The van der Waals surface area contributed by atoms with Crippen molar-refractivity contribution >= 4 is 5.91 Å². The molecule has 0 aliphatic rings. The van der Waals surface area contributed by atoms with Crippen molar-refractivity contribution in [3.63, 3.8) is 0 Å². The van der Waals surface area contributed by atoms with Crippen LogP contribution in [0.2, 0.25) is 0 Å². The van der Waals surface area contributed by atoms with Gasteiger partial charge in [-0.1, -0.05) is 12.1 Å². The van der Waals surface area contributed by atoms with Crippen LogP contribution in [-0.4, -0.2) is 58.3 Å². The normalized spacial score (nSPS) is 13.7. The average molecular weight is 309 g/mol. The zero-order valence-electron chi connectivity index (χ0n) is 13.8. The summed E-state index contributed by atoms with van der Waals surface area (Å²) in [4.78, 5) is 14.0. The van der Waals surface area contributed by atoms with Crippen LogP contribution in [0.3, 0.4) is 0 Å². The molecule has 0 spiro atoms. The number of carbonyl (C=O) groups is 1. The second-order valence-corrected chi connectivity index (χ2v) is 5.36. The van der Waals surface area contributed by atoms with Crippen molar-refractivity contribution in [1.29, 1.82) is 0 Å². The second kappa shape index (κ2) is 9.40. The number of amides is 1. The molecular formula is C16H27N3O3. The summed E-state index contributed by atoms with van der Waals surface area (Å²) in [6.07, 6.45) is 0.0280. The standard InChI is InChI=1S/C16H27N3O3/c1-19(2)15(12-6-5-7-13(8-12)21-3)11-18-16(20)9-14(10-17)22-4/h5-8,14-15H,9-11,17H2,1-4H3,(H,18,20). The molecule has 0 radical (unpaired) electrons. The lowest BCUT2D eigenvalue weighted by Crippen LogP contribution is -2.37. The molecule has 0 bridgehead atoms. The lowest BCUT2D eigenvalue weighted by molar-refractivity contribution is -0.123. The van der Waals surface area contributed by atoms with Crippen LogP contribution in [0.15, 0.2) is 24.3 Å². The quantitative estimate of drug-likeness (QED) is 0.705. The summed E-state index contributed by atoms with van der Waals surface area (Å²) in [5, 5.41) is 2.94. The minimum atomic E-state index is -0.241. The van der Waals surface area contributed by atoms with Gasteiger partial charge in [0.25, 0.3) is 0 Å². The fraction of sp³-hybridized carbons (Fsp3) is 0.562. The molecule has 22 heavy (non-hydrogen) atoms. The molecule has 6 nitrogen and oxygen atoms in total. The molecule has 1 amide bonds. The summed E-state index contributed by atoms with van der Waals surface area (Å²) in [5.41, 5.74) is 6.62. The van der Waals surface area contributed by atoms with E-state index < -0.39 is 0 Å². The van der Waals surface area contributed by atoms with Crippen LogP contribution in [0.25, 0.3) is 0 Å². The van der Waals surface area contributed by atoms with Crippen molar-refractivity contribution in [1.82, 2.24) is 10.2 Å². The second-order valence-electron chi connectivity index (χ2n) is 5.36. The van der Waals surface area contributed by atoms with Gasteiger partial charge in [0.2, 0.25) is 5.91 Å². The largest absolute Gasteiger partial charge is 0.497 e. The van der Waals surface area contributed by atoms with Gasteiger partial charge in [-0.2, -0.15) is 0 Å². The Morgan fingerprint density at radius 1 is 1.36 bits per heavy atom. The maximum atomic E-state index is 12.0. The van der Waals surface area contributed by atoms with Crippen molar-refractivity contribution in [2.75, 3.05) is 41.4 Å². The molecule has 0 aliphatic heterocycles. The first-order valence-electron chi connectivity index (χ1n) is 7.31. The van der Waals surface area contributed by atoms with Gasteiger partial charge in [0.05, 0.1) is 25.7 Å². The highest BCUT2D eigenvalue weighted by atomic mass is 16.5. The lowest BCUT2D eigenvalue weighted by Gasteiger charge is -2.25. The Balaban J connectivity index is 2.67. The van der Waals surface area contributed by atoms with Gasteiger partial charge in [-0.15, -0.1) is 0 Å². The van der Waals surface area contributed by atoms with E-state index in [9.17, 15) is 4.79 Å². The average Bonchev–Trinajstić information content (AvgIpc) is 2.52. The molecule has 0 aromatic heterocycles. The maximum absolute atomic E-state index is 12.0. The number of methoxy groups -OCH3 is 2. The summed E-state index contributed by atoms with van der Waals surface area (Å²) < 4.78 is 10.4. The van der Waals surface area contributed by atoms with E-state index in [4.69, 9.17) is 15.2 Å². The van der Waals surface area contributed by atoms with Crippen molar-refractivity contribution in [2.24, 2.45) is 5.73 Å². The SMILES string of the molecule is COc1cccc(C(CNC(=O)CC(CN)OC)N(C)C)c1. The Kier molecular flexibility index (Phi) is 7.87. The molecule has 124 valence electrons. The molecule has 1 aromatic rings. The van der Waals surface area contributed by atoms with Gasteiger partial charge in [0, 0.05) is 20.2 Å². The minimum Gasteiger partial charge on any atom is -0.497 e. The van der Waals surface area contributed by atoms with E-state index >= 15 is 0 Å². The highest BCUT2D eigenvalue weighted by Crippen LogP contribution is 2.22. The van der Waals surface area contributed by atoms with E-state index in [0.29, 0.717) is 13.1 Å². The number of likely N-dealkylation sites (N-methyl/N-ethyl adjacent to an activating group) is 1. The molecule has 2 unspecified atom stereocenters. The Morgan fingerprint density at radius 3 is 2.64 bits per heavy atom. The van der Waals surface area contributed by atoms with Gasteiger partial charge < -0.3 is 25.4 Å². The van der Waals surface area contributed by atoms with Gasteiger partial charge in [-0.05, 0) is 31.8 Å². The first-order valence-corrected chi connectivity index (χ1v) is 7.31. The van der Waals surface area contributed by atoms with Gasteiger partial charge in [0.1, 0.15) is 5.75 Å². The molecule has 0 saturated heterocycles. The van der Waals surface area contributed by atoms with Crippen molar-refractivity contribution in [3.8, 4) is 5.75 Å². The first-order chi connectivity index (χ1) is 10.5. The number of ether oxygens (including phenoxy) is 2. The monoisotopic (exact) mass is 309 g/mol. The number of rotatable bonds is 9. The number of benzene rings is 1. The lowest BCUT2D eigenvalue weighted by atomic mass is 10.1. The number of carbonyl (C=O) groups excluding carboxylic acids is 1. The topological polar surface area (TPSA) is 76.8 Å². The predicted octanol–water partition coefficient (Wildman–Crippen LogP) is 0.778. The smallest absolute Gasteiger partial charge is 0.222 e. The van der Waals surface area contributed by atoms with Crippen molar-refractivity contribution < 1.29 is 14.3 Å². The van der Waals surface area contributed by atoms with E-state index in [0.717, 1.165) is 11.3 Å². The number of hydrogen-bond donors (Lipinski definition) is 2. The van der Waals surface area contributed by atoms with Gasteiger partial charge in [0.15, 0.2) is 0 Å². The molecule has 0 aliphatic carbocycles. The summed E-state index contributed by atoms with van der Waals surface area (Å²) in [5.74, 6) is 0.741. The molecule has 0 fully saturated rings. The van der Waals surface area contributed by atoms with E-state index in [1.807, 2.05) is 38.4 Å². The summed E-state index contributed by atoms with van der Waals surface area (Å²) in [7, 11) is 7.16.